The fourth-order valence-electron chi connectivity index (χ4n) is 4.15. The Balaban J connectivity index is 1.50. The molecule has 0 saturated carbocycles. The van der Waals surface area contributed by atoms with Crippen LogP contribution in [0.1, 0.15) is 32.6 Å². The molecule has 0 radical (unpaired) electrons. The Kier molecular flexibility index (Phi) is 6.55. The molecule has 1 saturated heterocycles. The van der Waals surface area contributed by atoms with Crippen LogP contribution in [0.15, 0.2) is 54.6 Å². The summed E-state index contributed by atoms with van der Waals surface area (Å²) in [5, 5.41) is 3.84. The summed E-state index contributed by atoms with van der Waals surface area (Å²) in [6, 6.07) is 17.8. The van der Waals surface area contributed by atoms with Gasteiger partial charge in [-0.05, 0) is 56.0 Å². The van der Waals surface area contributed by atoms with Gasteiger partial charge in [0.05, 0.1) is 7.11 Å². The monoisotopic (exact) mass is 419 g/mol. The zero-order valence-electron chi connectivity index (χ0n) is 18.1. The molecule has 162 valence electrons. The summed E-state index contributed by atoms with van der Waals surface area (Å²) >= 11 is 0. The molecule has 1 aliphatic rings. The highest BCUT2D eigenvalue weighted by Crippen LogP contribution is 2.30. The van der Waals surface area contributed by atoms with Crippen molar-refractivity contribution in [2.75, 3.05) is 30.5 Å². The molecule has 1 N–H and O–H groups in total. The Labute approximate surface area is 183 Å². The van der Waals surface area contributed by atoms with E-state index < -0.39 is 0 Å². The van der Waals surface area contributed by atoms with Crippen LogP contribution in [0.2, 0.25) is 0 Å². The third kappa shape index (κ3) is 4.90. The Bertz CT molecular complexity index is 1050. The number of aromatic nitrogens is 1. The first-order valence-corrected chi connectivity index (χ1v) is 10.9. The van der Waals surface area contributed by atoms with Crippen LogP contribution in [0.4, 0.5) is 11.5 Å². The Hall–Kier alpha value is -3.28. The molecule has 6 nitrogen and oxygen atoms in total. The molecule has 0 spiro atoms. The van der Waals surface area contributed by atoms with Gasteiger partial charge in [-0.15, -0.1) is 0 Å². The minimum Gasteiger partial charge on any atom is -0.497 e. The molecule has 1 aliphatic heterocycles. The van der Waals surface area contributed by atoms with E-state index in [1.54, 1.807) is 13.2 Å². The van der Waals surface area contributed by atoms with Crippen molar-refractivity contribution in [1.29, 1.82) is 0 Å². The summed E-state index contributed by atoms with van der Waals surface area (Å²) in [6.07, 6.45) is 4.79. The maximum Gasteiger partial charge on any atom is 0.262 e. The lowest BCUT2D eigenvalue weighted by Gasteiger charge is -2.36. The smallest absolute Gasteiger partial charge is 0.262 e. The molecule has 1 atom stereocenters. The molecule has 1 fully saturated rings. The van der Waals surface area contributed by atoms with Crippen LogP contribution in [0.5, 0.6) is 11.5 Å². The first-order valence-electron chi connectivity index (χ1n) is 10.9. The average Bonchev–Trinajstić information content (AvgIpc) is 2.82. The van der Waals surface area contributed by atoms with E-state index in [-0.39, 0.29) is 12.5 Å². The summed E-state index contributed by atoms with van der Waals surface area (Å²) in [5.41, 5.74) is 1.46. The second-order valence-electron chi connectivity index (χ2n) is 7.82. The van der Waals surface area contributed by atoms with Gasteiger partial charge in [0.25, 0.3) is 5.91 Å². The molecule has 0 aliphatic carbocycles. The van der Waals surface area contributed by atoms with E-state index in [0.29, 0.717) is 23.2 Å². The van der Waals surface area contributed by atoms with Gasteiger partial charge in [-0.25, -0.2) is 4.98 Å². The zero-order chi connectivity index (χ0) is 21.6. The fourth-order valence-corrected chi connectivity index (χ4v) is 4.15. The molecule has 1 unspecified atom stereocenters. The number of nitrogens with one attached hydrogen (secondary N) is 1. The number of pyridine rings is 1. The summed E-state index contributed by atoms with van der Waals surface area (Å²) in [4.78, 5) is 19.8. The number of ether oxygens (including phenoxy) is 2. The van der Waals surface area contributed by atoms with Crippen molar-refractivity contribution in [2.45, 2.75) is 38.6 Å². The Morgan fingerprint density at radius 2 is 2.03 bits per heavy atom. The van der Waals surface area contributed by atoms with Crippen LogP contribution < -0.4 is 19.7 Å². The minimum absolute atomic E-state index is 0.0937. The van der Waals surface area contributed by atoms with Gasteiger partial charge in [-0.2, -0.15) is 0 Å². The lowest BCUT2D eigenvalue weighted by molar-refractivity contribution is -0.118. The van der Waals surface area contributed by atoms with Crippen molar-refractivity contribution in [2.24, 2.45) is 0 Å². The van der Waals surface area contributed by atoms with Gasteiger partial charge in [0, 0.05) is 29.7 Å². The van der Waals surface area contributed by atoms with Crippen LogP contribution in [0.3, 0.4) is 0 Å². The zero-order valence-corrected chi connectivity index (χ0v) is 18.1. The maximum absolute atomic E-state index is 12.4. The van der Waals surface area contributed by atoms with Gasteiger partial charge in [0.1, 0.15) is 22.8 Å². The van der Waals surface area contributed by atoms with Crippen LogP contribution in [0.25, 0.3) is 10.9 Å². The number of methoxy groups -OCH3 is 1. The summed E-state index contributed by atoms with van der Waals surface area (Å²) < 4.78 is 11.1. The highest BCUT2D eigenvalue weighted by atomic mass is 16.5. The molecule has 4 rings (SSSR count). The lowest BCUT2D eigenvalue weighted by atomic mass is 10.00. The quantitative estimate of drug-likeness (QED) is 0.582. The van der Waals surface area contributed by atoms with Gasteiger partial charge in [0.2, 0.25) is 0 Å². The van der Waals surface area contributed by atoms with E-state index in [2.05, 4.69) is 29.3 Å². The van der Waals surface area contributed by atoms with Gasteiger partial charge < -0.3 is 19.7 Å². The standard InChI is InChI=1S/C25H29N3O3/c1-3-20-10-4-5-15-28(20)23-14-13-18-8-6-12-22(25(18)27-23)31-17-24(29)26-19-9-7-11-21(16-19)30-2/h6-9,11-14,16,20H,3-5,10,15,17H2,1-2H3,(H,26,29). The number of fused-ring (bicyclic) bond motifs is 1. The molecule has 1 aromatic heterocycles. The number of rotatable bonds is 7. The fraction of sp³-hybridized carbons (Fsp3) is 0.360. The normalized spacial score (nSPS) is 16.2. The molecule has 0 bridgehead atoms. The van der Waals surface area contributed by atoms with Gasteiger partial charge in [-0.3, -0.25) is 4.79 Å². The second-order valence-corrected chi connectivity index (χ2v) is 7.82. The summed E-state index contributed by atoms with van der Waals surface area (Å²) in [7, 11) is 1.60. The highest BCUT2D eigenvalue weighted by Gasteiger charge is 2.22. The Morgan fingerprint density at radius 1 is 1.16 bits per heavy atom. The number of anilines is 2. The van der Waals surface area contributed by atoms with Crippen LogP contribution in [-0.2, 0) is 4.79 Å². The number of carbonyl (C=O) groups is 1. The third-order valence-electron chi connectivity index (χ3n) is 5.77. The number of nitrogens with zero attached hydrogens (tertiary/aromatic N) is 2. The number of hydrogen-bond donors (Lipinski definition) is 1. The number of carbonyl (C=O) groups excluding carboxylic acids is 1. The van der Waals surface area contributed by atoms with Crippen LogP contribution in [-0.4, -0.2) is 37.2 Å². The van der Waals surface area contributed by atoms with Crippen LogP contribution >= 0.6 is 0 Å². The van der Waals surface area contributed by atoms with Crippen molar-refractivity contribution in [3.63, 3.8) is 0 Å². The van der Waals surface area contributed by atoms with E-state index in [9.17, 15) is 4.79 Å². The van der Waals surface area contributed by atoms with Gasteiger partial charge in [0.15, 0.2) is 6.61 Å². The number of para-hydroxylation sites is 1. The van der Waals surface area contributed by atoms with E-state index in [4.69, 9.17) is 14.5 Å². The largest absolute Gasteiger partial charge is 0.497 e. The first kappa shape index (κ1) is 21.0. The van der Waals surface area contributed by atoms with Crippen LogP contribution in [0, 0.1) is 0 Å². The lowest BCUT2D eigenvalue weighted by Crippen LogP contribution is -2.39. The number of piperidine rings is 1. The van der Waals surface area contributed by atoms with E-state index in [1.807, 2.05) is 36.4 Å². The molecule has 2 heterocycles. The summed E-state index contributed by atoms with van der Waals surface area (Å²) in [5.74, 6) is 2.05. The first-order chi connectivity index (χ1) is 15.2. The average molecular weight is 420 g/mol. The number of hydrogen-bond acceptors (Lipinski definition) is 5. The summed E-state index contributed by atoms with van der Waals surface area (Å²) in [6.45, 7) is 3.17. The molecular formula is C25H29N3O3. The number of amides is 1. The molecule has 2 aromatic carbocycles. The van der Waals surface area contributed by atoms with E-state index >= 15 is 0 Å². The third-order valence-corrected chi connectivity index (χ3v) is 5.77. The Morgan fingerprint density at radius 3 is 2.87 bits per heavy atom. The topological polar surface area (TPSA) is 63.7 Å². The number of benzene rings is 2. The van der Waals surface area contributed by atoms with Crippen molar-refractivity contribution in [3.8, 4) is 11.5 Å². The van der Waals surface area contributed by atoms with Gasteiger partial charge >= 0.3 is 0 Å². The predicted molar refractivity (Wildman–Crippen MR) is 124 cm³/mol. The van der Waals surface area contributed by atoms with Gasteiger partial charge in [-0.1, -0.05) is 25.1 Å². The SMILES string of the molecule is CCC1CCCCN1c1ccc2cccc(OCC(=O)Nc3cccc(OC)c3)c2n1. The molecular weight excluding hydrogens is 390 g/mol. The maximum atomic E-state index is 12.4. The minimum atomic E-state index is -0.233. The van der Waals surface area contributed by atoms with E-state index in [0.717, 1.165) is 29.7 Å². The van der Waals surface area contributed by atoms with E-state index in [1.165, 1.54) is 19.3 Å². The molecule has 3 aromatic rings. The highest BCUT2D eigenvalue weighted by molar-refractivity contribution is 5.92. The second kappa shape index (κ2) is 9.69. The molecule has 1 amide bonds. The predicted octanol–water partition coefficient (Wildman–Crippen LogP) is 5.03. The van der Waals surface area contributed by atoms with Crippen molar-refractivity contribution >= 4 is 28.3 Å². The molecule has 6 heteroatoms. The van der Waals surface area contributed by atoms with Crippen molar-refractivity contribution < 1.29 is 14.3 Å². The molecule has 31 heavy (non-hydrogen) atoms. The van der Waals surface area contributed by atoms with Crippen molar-refractivity contribution in [3.05, 3.63) is 54.6 Å². The van der Waals surface area contributed by atoms with Crippen molar-refractivity contribution in [1.82, 2.24) is 4.98 Å².